The van der Waals surface area contributed by atoms with Crippen LogP contribution < -0.4 is 10.2 Å². The number of carbonyl (C=O) groups is 1. The van der Waals surface area contributed by atoms with Crippen molar-refractivity contribution in [2.75, 3.05) is 44.1 Å². The molecule has 1 fully saturated rings. The minimum absolute atomic E-state index is 0.104. The summed E-state index contributed by atoms with van der Waals surface area (Å²) in [6.45, 7) is 7.05. The molecule has 3 rings (SSSR count). The van der Waals surface area contributed by atoms with Crippen molar-refractivity contribution >= 4 is 23.5 Å². The van der Waals surface area contributed by atoms with E-state index in [9.17, 15) is 9.18 Å². The van der Waals surface area contributed by atoms with E-state index in [1.807, 2.05) is 19.9 Å². The van der Waals surface area contributed by atoms with E-state index in [1.165, 1.54) is 12.1 Å². The minimum atomic E-state index is -0.314. The maximum atomic E-state index is 13.4. The van der Waals surface area contributed by atoms with Crippen LogP contribution in [-0.4, -0.2) is 56.2 Å². The first-order valence-electron chi connectivity index (χ1n) is 10.5. The number of carbonyl (C=O) groups excluding carboxylic acids is 1. The summed E-state index contributed by atoms with van der Waals surface area (Å²) < 4.78 is 24.4. The number of thioether (sulfide) groups is 1. The molecule has 8 heteroatoms. The summed E-state index contributed by atoms with van der Waals surface area (Å²) >= 11 is 1.55. The minimum Gasteiger partial charge on any atom is -0.385 e. The Hall–Kier alpha value is -2.16. The highest BCUT2D eigenvalue weighted by Crippen LogP contribution is 2.28. The number of halogens is 1. The van der Waals surface area contributed by atoms with Crippen LogP contribution in [0, 0.1) is 12.7 Å². The predicted molar refractivity (Wildman–Crippen MR) is 121 cm³/mol. The molecule has 0 radical (unpaired) electrons. The summed E-state index contributed by atoms with van der Waals surface area (Å²) in [4.78, 5) is 20.0. The summed E-state index contributed by atoms with van der Waals surface area (Å²) in [5.41, 5.74) is 2.17. The van der Waals surface area contributed by atoms with Gasteiger partial charge in [-0.25, -0.2) is 9.37 Å². The molecule has 0 saturated carbocycles. The van der Waals surface area contributed by atoms with Gasteiger partial charge in [-0.15, -0.1) is 11.8 Å². The number of morpholine rings is 1. The van der Waals surface area contributed by atoms with E-state index in [-0.39, 0.29) is 24.4 Å². The number of methoxy groups -OCH3 is 1. The van der Waals surface area contributed by atoms with Crippen LogP contribution in [0.1, 0.15) is 34.8 Å². The smallest absolute Gasteiger partial charge is 0.254 e. The van der Waals surface area contributed by atoms with E-state index < -0.39 is 0 Å². The van der Waals surface area contributed by atoms with Crippen molar-refractivity contribution in [1.82, 2.24) is 10.3 Å². The van der Waals surface area contributed by atoms with Crippen LogP contribution in [0.2, 0.25) is 0 Å². The van der Waals surface area contributed by atoms with Crippen molar-refractivity contribution < 1.29 is 18.7 Å². The highest BCUT2D eigenvalue weighted by molar-refractivity contribution is 7.99. The fourth-order valence-corrected chi connectivity index (χ4v) is 4.40. The lowest BCUT2D eigenvalue weighted by Gasteiger charge is -2.34. The average Bonchev–Trinajstić information content (AvgIpc) is 2.76. The molecule has 0 aliphatic carbocycles. The number of benzene rings is 1. The zero-order valence-corrected chi connectivity index (χ0v) is 19.1. The van der Waals surface area contributed by atoms with E-state index in [4.69, 9.17) is 14.5 Å². The number of hydrogen-bond donors (Lipinski definition) is 1. The van der Waals surface area contributed by atoms with Crippen LogP contribution in [0.3, 0.4) is 0 Å². The number of nitrogens with zero attached hydrogens (tertiary/aromatic N) is 2. The number of rotatable bonds is 9. The molecule has 1 aromatic heterocycles. The molecule has 1 atom stereocenters. The lowest BCUT2D eigenvalue weighted by molar-refractivity contribution is 0.0189. The van der Waals surface area contributed by atoms with Crippen molar-refractivity contribution in [1.29, 1.82) is 0 Å². The molecular formula is C23H30FN3O3S. The molecular weight excluding hydrogens is 417 g/mol. The van der Waals surface area contributed by atoms with Gasteiger partial charge >= 0.3 is 0 Å². The summed E-state index contributed by atoms with van der Waals surface area (Å²) in [7, 11) is 1.69. The van der Waals surface area contributed by atoms with Crippen LogP contribution in [0.15, 0.2) is 35.4 Å². The van der Waals surface area contributed by atoms with Crippen molar-refractivity contribution in [2.45, 2.75) is 37.9 Å². The van der Waals surface area contributed by atoms with Crippen molar-refractivity contribution in [3.05, 3.63) is 52.8 Å². The van der Waals surface area contributed by atoms with Crippen molar-refractivity contribution in [3.8, 4) is 0 Å². The Morgan fingerprint density at radius 2 is 2.26 bits per heavy atom. The summed E-state index contributed by atoms with van der Waals surface area (Å²) in [5, 5.41) is 3.62. The number of pyridine rings is 1. The molecule has 0 spiro atoms. The van der Waals surface area contributed by atoms with Gasteiger partial charge in [-0.3, -0.25) is 4.79 Å². The molecule has 1 unspecified atom stereocenters. The first kappa shape index (κ1) is 23.5. The van der Waals surface area contributed by atoms with Gasteiger partial charge in [0.05, 0.1) is 18.3 Å². The van der Waals surface area contributed by atoms with Crippen LogP contribution in [-0.2, 0) is 16.0 Å². The van der Waals surface area contributed by atoms with Gasteiger partial charge in [0, 0.05) is 33.4 Å². The summed E-state index contributed by atoms with van der Waals surface area (Å²) in [6, 6.07) is 8.21. The quantitative estimate of drug-likeness (QED) is 0.590. The second-order valence-corrected chi connectivity index (χ2v) is 8.70. The number of amides is 1. The van der Waals surface area contributed by atoms with Gasteiger partial charge in [0.2, 0.25) is 0 Å². The topological polar surface area (TPSA) is 63.7 Å². The van der Waals surface area contributed by atoms with Gasteiger partial charge < -0.3 is 19.7 Å². The van der Waals surface area contributed by atoms with Crippen LogP contribution in [0.25, 0.3) is 0 Å². The largest absolute Gasteiger partial charge is 0.385 e. The standard InChI is InChI=1S/C23H30FN3O3S/c1-4-31-23-21(22(28)25-14-17-6-5-7-18(24)13-17)16(2)12-20(26-23)27-9-11-30-19(15-27)8-10-29-3/h5-7,12-13,19H,4,8-11,14-15H2,1-3H3,(H,25,28). The van der Waals surface area contributed by atoms with E-state index >= 15 is 0 Å². The zero-order chi connectivity index (χ0) is 22.2. The molecule has 1 aliphatic heterocycles. The van der Waals surface area contributed by atoms with Crippen molar-refractivity contribution in [3.63, 3.8) is 0 Å². The molecule has 1 saturated heterocycles. The SMILES string of the molecule is CCSc1nc(N2CCOC(CCOC)C2)cc(C)c1C(=O)NCc1cccc(F)c1. The number of aryl methyl sites for hydroxylation is 1. The molecule has 2 aromatic rings. The van der Waals surface area contributed by atoms with Crippen LogP contribution in [0.4, 0.5) is 10.2 Å². The van der Waals surface area contributed by atoms with E-state index in [0.29, 0.717) is 23.8 Å². The molecule has 2 heterocycles. The van der Waals surface area contributed by atoms with Gasteiger partial charge in [-0.2, -0.15) is 0 Å². The predicted octanol–water partition coefficient (Wildman–Crippen LogP) is 3.81. The molecule has 168 valence electrons. The second kappa shape index (κ2) is 11.5. The van der Waals surface area contributed by atoms with Gasteiger partial charge in [-0.1, -0.05) is 19.1 Å². The highest BCUT2D eigenvalue weighted by Gasteiger charge is 2.24. The van der Waals surface area contributed by atoms with Gasteiger partial charge in [-0.05, 0) is 48.4 Å². The van der Waals surface area contributed by atoms with E-state index in [1.54, 1.807) is 31.0 Å². The number of anilines is 1. The monoisotopic (exact) mass is 447 g/mol. The molecule has 31 heavy (non-hydrogen) atoms. The Morgan fingerprint density at radius 1 is 1.42 bits per heavy atom. The number of aromatic nitrogens is 1. The molecule has 1 amide bonds. The van der Waals surface area contributed by atoms with Crippen LogP contribution >= 0.6 is 11.8 Å². The Balaban J connectivity index is 1.77. The molecule has 6 nitrogen and oxygen atoms in total. The number of nitrogens with one attached hydrogen (secondary N) is 1. The Labute approximate surface area is 187 Å². The Bertz CT molecular complexity index is 896. The van der Waals surface area contributed by atoms with Gasteiger partial charge in [0.15, 0.2) is 0 Å². The van der Waals surface area contributed by atoms with Gasteiger partial charge in [0.1, 0.15) is 16.7 Å². The molecule has 1 N–H and O–H groups in total. The lowest BCUT2D eigenvalue weighted by Crippen LogP contribution is -2.43. The fourth-order valence-electron chi connectivity index (χ4n) is 3.58. The van der Waals surface area contributed by atoms with E-state index in [0.717, 1.165) is 42.2 Å². The van der Waals surface area contributed by atoms with Crippen LogP contribution in [0.5, 0.6) is 0 Å². The molecule has 0 bridgehead atoms. The fraction of sp³-hybridized carbons (Fsp3) is 0.478. The molecule has 1 aromatic carbocycles. The Kier molecular flexibility index (Phi) is 8.69. The molecule has 1 aliphatic rings. The summed E-state index contributed by atoms with van der Waals surface area (Å²) in [6.07, 6.45) is 0.940. The first-order chi connectivity index (χ1) is 15.0. The highest BCUT2D eigenvalue weighted by atomic mass is 32.2. The number of hydrogen-bond acceptors (Lipinski definition) is 6. The number of ether oxygens (including phenoxy) is 2. The normalized spacial score (nSPS) is 16.4. The third kappa shape index (κ3) is 6.41. The maximum absolute atomic E-state index is 13.4. The third-order valence-electron chi connectivity index (χ3n) is 5.13. The van der Waals surface area contributed by atoms with E-state index in [2.05, 4.69) is 10.2 Å². The Morgan fingerprint density at radius 3 is 3.00 bits per heavy atom. The maximum Gasteiger partial charge on any atom is 0.254 e. The average molecular weight is 448 g/mol. The second-order valence-electron chi connectivity index (χ2n) is 7.44. The van der Waals surface area contributed by atoms with Gasteiger partial charge in [0.25, 0.3) is 5.91 Å². The zero-order valence-electron chi connectivity index (χ0n) is 18.3. The third-order valence-corrected chi connectivity index (χ3v) is 5.98. The van der Waals surface area contributed by atoms with Crippen molar-refractivity contribution in [2.24, 2.45) is 0 Å². The lowest BCUT2D eigenvalue weighted by atomic mass is 10.1. The summed E-state index contributed by atoms with van der Waals surface area (Å²) in [5.74, 6) is 1.16. The first-order valence-corrected chi connectivity index (χ1v) is 11.5.